The summed E-state index contributed by atoms with van der Waals surface area (Å²) in [5, 5.41) is 7.52. The maximum Gasteiger partial charge on any atom is 0.357 e. The van der Waals surface area contributed by atoms with Crippen LogP contribution in [0.1, 0.15) is 59.3 Å². The van der Waals surface area contributed by atoms with E-state index >= 15 is 0 Å². The molecule has 0 bridgehead atoms. The third kappa shape index (κ3) is 4.75. The molecule has 8 heteroatoms. The van der Waals surface area contributed by atoms with Crippen LogP contribution in [-0.2, 0) is 4.74 Å². The second kappa shape index (κ2) is 10.6. The summed E-state index contributed by atoms with van der Waals surface area (Å²) in [6.45, 7) is 7.47. The Morgan fingerprint density at radius 2 is 1.52 bits per heavy atom. The van der Waals surface area contributed by atoms with Crippen molar-refractivity contribution in [3.63, 3.8) is 0 Å². The van der Waals surface area contributed by atoms with Gasteiger partial charge >= 0.3 is 5.97 Å². The fraction of sp³-hybridized carbons (Fsp3) is 0.156. The van der Waals surface area contributed by atoms with Gasteiger partial charge in [0.05, 0.1) is 18.4 Å². The summed E-state index contributed by atoms with van der Waals surface area (Å²) in [5.74, 6) is -1.98. The second-order valence-electron chi connectivity index (χ2n) is 9.71. The first-order valence-corrected chi connectivity index (χ1v) is 12.8. The number of carbonyl (C=O) groups excluding carboxylic acids is 3. The Morgan fingerprint density at radius 1 is 0.850 bits per heavy atom. The van der Waals surface area contributed by atoms with E-state index in [0.29, 0.717) is 28.1 Å². The zero-order chi connectivity index (χ0) is 28.6. The van der Waals surface area contributed by atoms with Crippen molar-refractivity contribution in [3.8, 4) is 11.1 Å². The smallest absolute Gasteiger partial charge is 0.357 e. The van der Waals surface area contributed by atoms with Crippen LogP contribution in [0.4, 0.5) is 5.69 Å². The van der Waals surface area contributed by atoms with Crippen LogP contribution in [0.15, 0.2) is 72.8 Å². The molecule has 1 amide bonds. The highest BCUT2D eigenvalue weighted by Crippen LogP contribution is 2.31. The van der Waals surface area contributed by atoms with Gasteiger partial charge in [0.1, 0.15) is 5.69 Å². The lowest BCUT2D eigenvalue weighted by Gasteiger charge is -2.16. The number of amides is 1. The van der Waals surface area contributed by atoms with Crippen LogP contribution in [0, 0.1) is 27.7 Å². The largest absolute Gasteiger partial charge is 0.464 e. The van der Waals surface area contributed by atoms with Crippen molar-refractivity contribution in [3.05, 3.63) is 118 Å². The summed E-state index contributed by atoms with van der Waals surface area (Å²) in [6, 6.07) is 22.1. The van der Waals surface area contributed by atoms with E-state index in [1.165, 1.54) is 11.6 Å². The first kappa shape index (κ1) is 26.5. The Hall–Kier alpha value is -5.11. The summed E-state index contributed by atoms with van der Waals surface area (Å²) in [4.78, 5) is 46.0. The monoisotopic (exact) mass is 532 g/mol. The highest BCUT2D eigenvalue weighted by molar-refractivity contribution is 6.21. The summed E-state index contributed by atoms with van der Waals surface area (Å²) in [7, 11) is 1.21. The molecule has 0 atom stereocenters. The molecule has 1 N–H and O–H groups in total. The van der Waals surface area contributed by atoms with Crippen LogP contribution >= 0.6 is 0 Å². The van der Waals surface area contributed by atoms with Gasteiger partial charge in [0, 0.05) is 16.8 Å². The number of ketones is 1. The van der Waals surface area contributed by atoms with Crippen molar-refractivity contribution in [2.75, 3.05) is 12.4 Å². The number of hydrogen-bond acceptors (Lipinski definition) is 6. The zero-order valence-corrected chi connectivity index (χ0v) is 22.9. The molecule has 0 unspecified atom stereocenters. The number of methoxy groups -OCH3 is 1. The molecule has 0 aliphatic heterocycles. The van der Waals surface area contributed by atoms with E-state index in [-0.39, 0.29) is 22.6 Å². The highest BCUT2D eigenvalue weighted by Gasteiger charge is 2.33. The highest BCUT2D eigenvalue weighted by atomic mass is 16.5. The third-order valence-electron chi connectivity index (χ3n) is 6.76. The van der Waals surface area contributed by atoms with Crippen LogP contribution in [0.5, 0.6) is 0 Å². The number of nitrogens with zero attached hydrogens (tertiary/aromatic N) is 3. The Kier molecular flexibility index (Phi) is 7.00. The zero-order valence-electron chi connectivity index (χ0n) is 22.9. The maximum atomic E-state index is 14.2. The summed E-state index contributed by atoms with van der Waals surface area (Å²) in [6.07, 6.45) is 0. The Bertz CT molecular complexity index is 1790. The molecule has 0 aliphatic rings. The van der Waals surface area contributed by atoms with Gasteiger partial charge < -0.3 is 10.1 Å². The Morgan fingerprint density at radius 3 is 2.17 bits per heavy atom. The van der Waals surface area contributed by atoms with Gasteiger partial charge in [-0.25, -0.2) is 14.3 Å². The van der Waals surface area contributed by atoms with Crippen molar-refractivity contribution < 1.29 is 19.1 Å². The van der Waals surface area contributed by atoms with Crippen molar-refractivity contribution >= 4 is 29.0 Å². The number of nitrogens with one attached hydrogen (secondary N) is 1. The molecule has 2 aromatic heterocycles. The van der Waals surface area contributed by atoms with E-state index in [4.69, 9.17) is 4.74 Å². The molecule has 5 aromatic rings. The molecule has 0 saturated heterocycles. The van der Waals surface area contributed by atoms with Gasteiger partial charge in [0.25, 0.3) is 5.91 Å². The SMILES string of the molecule is COC(=O)c1nc2c(-c3ccccc3)c(C)nn2c(C(=O)Nc2ccc(C)cc2)c1C(=O)c1ccc(C)cc1C. The lowest BCUT2D eigenvalue weighted by atomic mass is 9.94. The third-order valence-corrected chi connectivity index (χ3v) is 6.76. The molecule has 40 heavy (non-hydrogen) atoms. The van der Waals surface area contributed by atoms with E-state index in [1.54, 1.807) is 25.1 Å². The molecule has 8 nitrogen and oxygen atoms in total. The van der Waals surface area contributed by atoms with Crippen molar-refractivity contribution in [1.82, 2.24) is 14.6 Å². The summed E-state index contributed by atoms with van der Waals surface area (Å²) in [5.41, 5.74) is 5.30. The number of rotatable bonds is 6. The average Bonchev–Trinajstić information content (AvgIpc) is 3.28. The number of ether oxygens (including phenoxy) is 1. The van der Waals surface area contributed by atoms with E-state index in [0.717, 1.165) is 16.7 Å². The fourth-order valence-corrected chi connectivity index (χ4v) is 4.80. The van der Waals surface area contributed by atoms with E-state index in [1.807, 2.05) is 75.4 Å². The Balaban J connectivity index is 1.85. The maximum absolute atomic E-state index is 14.2. The van der Waals surface area contributed by atoms with Crippen LogP contribution in [-0.4, -0.2) is 39.4 Å². The molecule has 0 fully saturated rings. The quantitative estimate of drug-likeness (QED) is 0.216. The van der Waals surface area contributed by atoms with Gasteiger partial charge in [-0.05, 0) is 51.0 Å². The number of aryl methyl sites for hydroxylation is 4. The lowest BCUT2D eigenvalue weighted by Crippen LogP contribution is -2.26. The first-order valence-electron chi connectivity index (χ1n) is 12.8. The minimum Gasteiger partial charge on any atom is -0.464 e. The molecule has 200 valence electrons. The molecular formula is C32H28N4O4. The second-order valence-corrected chi connectivity index (χ2v) is 9.71. The van der Waals surface area contributed by atoms with Gasteiger partial charge in [-0.1, -0.05) is 71.8 Å². The Labute approximate surface area is 231 Å². The van der Waals surface area contributed by atoms with Crippen molar-refractivity contribution in [2.24, 2.45) is 0 Å². The number of esters is 1. The predicted molar refractivity (Wildman–Crippen MR) is 153 cm³/mol. The van der Waals surface area contributed by atoms with Gasteiger partial charge in [-0.2, -0.15) is 5.10 Å². The average molecular weight is 533 g/mol. The molecule has 0 aliphatic carbocycles. The number of benzene rings is 3. The minimum atomic E-state index is -0.835. The van der Waals surface area contributed by atoms with Gasteiger partial charge in [-0.15, -0.1) is 0 Å². The van der Waals surface area contributed by atoms with Crippen molar-refractivity contribution in [2.45, 2.75) is 27.7 Å². The first-order chi connectivity index (χ1) is 19.2. The molecular weight excluding hydrogens is 504 g/mol. The fourth-order valence-electron chi connectivity index (χ4n) is 4.80. The van der Waals surface area contributed by atoms with E-state index in [9.17, 15) is 14.4 Å². The van der Waals surface area contributed by atoms with Gasteiger partial charge in [0.2, 0.25) is 0 Å². The number of fused-ring (bicyclic) bond motifs is 1. The number of hydrogen-bond donors (Lipinski definition) is 1. The van der Waals surface area contributed by atoms with Crippen molar-refractivity contribution in [1.29, 1.82) is 0 Å². The number of anilines is 1. The molecule has 0 radical (unpaired) electrons. The topological polar surface area (TPSA) is 103 Å². The summed E-state index contributed by atoms with van der Waals surface area (Å²) >= 11 is 0. The van der Waals surface area contributed by atoms with E-state index < -0.39 is 17.7 Å². The molecule has 0 spiro atoms. The van der Waals surface area contributed by atoms with Crippen LogP contribution in [0.25, 0.3) is 16.8 Å². The minimum absolute atomic E-state index is 0.110. The van der Waals surface area contributed by atoms with Crippen LogP contribution in [0.3, 0.4) is 0 Å². The molecule has 3 aromatic carbocycles. The summed E-state index contributed by atoms with van der Waals surface area (Å²) < 4.78 is 6.42. The molecule has 5 rings (SSSR count). The number of carbonyl (C=O) groups is 3. The standard InChI is InChI=1S/C32H28N4O4/c1-18-11-14-23(15-12-18)33-31(38)28-26(29(37)24-16-13-19(2)17-20(24)3)27(32(39)40-5)34-30-25(21(4)35-36(28)30)22-9-7-6-8-10-22/h6-17H,1-5H3,(H,33,38). The lowest BCUT2D eigenvalue weighted by molar-refractivity contribution is 0.0590. The van der Waals surface area contributed by atoms with Gasteiger partial charge in [-0.3, -0.25) is 9.59 Å². The van der Waals surface area contributed by atoms with Crippen LogP contribution < -0.4 is 5.32 Å². The number of aromatic nitrogens is 3. The van der Waals surface area contributed by atoms with Gasteiger partial charge in [0.15, 0.2) is 17.1 Å². The normalized spacial score (nSPS) is 10.9. The van der Waals surface area contributed by atoms with E-state index in [2.05, 4.69) is 15.4 Å². The van der Waals surface area contributed by atoms with Crippen LogP contribution in [0.2, 0.25) is 0 Å². The predicted octanol–water partition coefficient (Wildman–Crippen LogP) is 5.90. The molecule has 0 saturated carbocycles. The molecule has 2 heterocycles.